The molecule has 0 saturated carbocycles. The van der Waals surface area contributed by atoms with Gasteiger partial charge >= 0.3 is 0 Å². The molecule has 0 aromatic heterocycles. The molecule has 1 aromatic rings. The zero-order valence-electron chi connectivity index (χ0n) is 17.0. The second kappa shape index (κ2) is 11.4. The first-order chi connectivity index (χ1) is 13.5. The van der Waals surface area contributed by atoms with Gasteiger partial charge in [-0.1, -0.05) is 25.5 Å². The molecule has 158 valence electrons. The SMILES string of the molecule is CCNC(=NCCN1CCCCC1CC)NCCS(=O)(=O)c1ccccc1F. The van der Waals surface area contributed by atoms with Crippen LogP contribution in [0.15, 0.2) is 34.2 Å². The molecule has 0 aliphatic carbocycles. The molecule has 6 nitrogen and oxygen atoms in total. The molecule has 1 aliphatic heterocycles. The van der Waals surface area contributed by atoms with Crippen LogP contribution in [0.3, 0.4) is 0 Å². The number of guanidine groups is 1. The van der Waals surface area contributed by atoms with Crippen LogP contribution in [0.5, 0.6) is 0 Å². The highest BCUT2D eigenvalue weighted by Gasteiger charge is 2.20. The molecule has 0 spiro atoms. The number of nitrogens with zero attached hydrogens (tertiary/aromatic N) is 2. The van der Waals surface area contributed by atoms with Gasteiger partial charge in [-0.3, -0.25) is 9.89 Å². The summed E-state index contributed by atoms with van der Waals surface area (Å²) in [6.07, 6.45) is 4.97. The molecule has 8 heteroatoms. The van der Waals surface area contributed by atoms with Crippen molar-refractivity contribution in [1.29, 1.82) is 0 Å². The lowest BCUT2D eigenvalue weighted by molar-refractivity contribution is 0.148. The summed E-state index contributed by atoms with van der Waals surface area (Å²) in [7, 11) is -3.68. The van der Waals surface area contributed by atoms with Crippen LogP contribution >= 0.6 is 0 Å². The van der Waals surface area contributed by atoms with E-state index in [4.69, 9.17) is 0 Å². The number of rotatable bonds is 9. The maximum Gasteiger partial charge on any atom is 0.191 e. The van der Waals surface area contributed by atoms with E-state index in [1.165, 1.54) is 37.5 Å². The van der Waals surface area contributed by atoms with Crippen LogP contribution in [-0.2, 0) is 9.84 Å². The van der Waals surface area contributed by atoms with Crippen molar-refractivity contribution in [2.45, 2.75) is 50.5 Å². The molecule has 0 bridgehead atoms. The third-order valence-electron chi connectivity index (χ3n) is 5.06. The molecule has 0 amide bonds. The van der Waals surface area contributed by atoms with Crippen molar-refractivity contribution in [2.24, 2.45) is 4.99 Å². The fourth-order valence-electron chi connectivity index (χ4n) is 3.56. The summed E-state index contributed by atoms with van der Waals surface area (Å²) in [5.41, 5.74) is 0. The smallest absolute Gasteiger partial charge is 0.191 e. The summed E-state index contributed by atoms with van der Waals surface area (Å²) in [5, 5.41) is 6.18. The quantitative estimate of drug-likeness (QED) is 0.481. The number of sulfone groups is 1. The van der Waals surface area contributed by atoms with E-state index in [1.54, 1.807) is 0 Å². The van der Waals surface area contributed by atoms with E-state index in [-0.39, 0.29) is 17.2 Å². The Kier molecular flexibility index (Phi) is 9.18. The summed E-state index contributed by atoms with van der Waals surface area (Å²) in [4.78, 5) is 6.81. The Morgan fingerprint density at radius 3 is 2.75 bits per heavy atom. The van der Waals surface area contributed by atoms with Crippen molar-refractivity contribution in [1.82, 2.24) is 15.5 Å². The van der Waals surface area contributed by atoms with E-state index >= 15 is 0 Å². The van der Waals surface area contributed by atoms with Gasteiger partial charge in [0, 0.05) is 25.7 Å². The molecule has 1 heterocycles. The topological polar surface area (TPSA) is 73.8 Å². The van der Waals surface area contributed by atoms with E-state index in [2.05, 4.69) is 27.4 Å². The van der Waals surface area contributed by atoms with Crippen molar-refractivity contribution in [3.05, 3.63) is 30.1 Å². The molecule has 2 N–H and O–H groups in total. The second-order valence-corrected chi connectivity index (χ2v) is 9.11. The fourth-order valence-corrected chi connectivity index (χ4v) is 4.80. The minimum absolute atomic E-state index is 0.170. The van der Waals surface area contributed by atoms with Crippen molar-refractivity contribution < 1.29 is 12.8 Å². The standard InChI is InChI=1S/C20H33FN4O2S/c1-3-17-9-7-8-14-25(17)15-12-23-20(22-4-2)24-13-16-28(26,27)19-11-6-5-10-18(19)21/h5-6,10-11,17H,3-4,7-9,12-16H2,1-2H3,(H2,22,23,24). The summed E-state index contributed by atoms with van der Waals surface area (Å²) >= 11 is 0. The number of halogens is 1. The van der Waals surface area contributed by atoms with Crippen molar-refractivity contribution in [2.75, 3.05) is 38.5 Å². The molecule has 1 aromatic carbocycles. The molecule has 1 fully saturated rings. The van der Waals surface area contributed by atoms with Crippen LogP contribution < -0.4 is 10.6 Å². The van der Waals surface area contributed by atoms with Gasteiger partial charge in [-0.25, -0.2) is 12.8 Å². The maximum absolute atomic E-state index is 13.8. The van der Waals surface area contributed by atoms with Crippen molar-refractivity contribution in [3.63, 3.8) is 0 Å². The molecule has 2 rings (SSSR count). The third-order valence-corrected chi connectivity index (χ3v) is 6.80. The highest BCUT2D eigenvalue weighted by Crippen LogP contribution is 2.18. The monoisotopic (exact) mass is 412 g/mol. The van der Waals surface area contributed by atoms with Gasteiger partial charge in [-0.15, -0.1) is 0 Å². The minimum atomic E-state index is -3.68. The predicted molar refractivity (Wildman–Crippen MR) is 112 cm³/mol. The van der Waals surface area contributed by atoms with Gasteiger partial charge in [0.1, 0.15) is 10.7 Å². The Balaban J connectivity index is 1.86. The van der Waals surface area contributed by atoms with Gasteiger partial charge in [0.2, 0.25) is 0 Å². The van der Waals surface area contributed by atoms with Crippen LogP contribution in [0.25, 0.3) is 0 Å². The van der Waals surface area contributed by atoms with Gasteiger partial charge in [0.15, 0.2) is 15.8 Å². The average molecular weight is 413 g/mol. The number of benzene rings is 1. The van der Waals surface area contributed by atoms with Crippen LogP contribution in [0.2, 0.25) is 0 Å². The van der Waals surface area contributed by atoms with E-state index in [0.717, 1.165) is 25.6 Å². The summed E-state index contributed by atoms with van der Waals surface area (Å²) in [6, 6.07) is 6.11. The van der Waals surface area contributed by atoms with E-state index < -0.39 is 15.7 Å². The number of likely N-dealkylation sites (tertiary alicyclic amines) is 1. The fraction of sp³-hybridized carbons (Fsp3) is 0.650. The Hall–Kier alpha value is -1.67. The van der Waals surface area contributed by atoms with Crippen LogP contribution in [0.1, 0.15) is 39.5 Å². The number of hydrogen-bond donors (Lipinski definition) is 2. The predicted octanol–water partition coefficient (Wildman–Crippen LogP) is 2.42. The van der Waals surface area contributed by atoms with Crippen LogP contribution in [0.4, 0.5) is 4.39 Å². The third kappa shape index (κ3) is 6.74. The largest absolute Gasteiger partial charge is 0.357 e. The lowest BCUT2D eigenvalue weighted by atomic mass is 10.0. The maximum atomic E-state index is 13.8. The number of nitrogens with one attached hydrogen (secondary N) is 2. The number of hydrogen-bond acceptors (Lipinski definition) is 4. The number of aliphatic imine (C=N–C) groups is 1. The zero-order chi connectivity index (χ0) is 20.4. The zero-order valence-corrected chi connectivity index (χ0v) is 17.8. The molecule has 28 heavy (non-hydrogen) atoms. The van der Waals surface area contributed by atoms with Gasteiger partial charge in [0.25, 0.3) is 0 Å². The normalized spacial score (nSPS) is 18.8. The van der Waals surface area contributed by atoms with Crippen molar-refractivity contribution in [3.8, 4) is 0 Å². The summed E-state index contributed by atoms with van der Waals surface area (Å²) in [6.45, 7) is 7.74. The average Bonchev–Trinajstić information content (AvgIpc) is 2.68. The van der Waals surface area contributed by atoms with E-state index in [1.807, 2.05) is 6.92 Å². The Labute approximate surface area is 168 Å². The summed E-state index contributed by atoms with van der Waals surface area (Å²) < 4.78 is 38.4. The van der Waals surface area contributed by atoms with Crippen LogP contribution in [-0.4, -0.2) is 63.8 Å². The highest BCUT2D eigenvalue weighted by atomic mass is 32.2. The van der Waals surface area contributed by atoms with Gasteiger partial charge in [-0.2, -0.15) is 0 Å². The first-order valence-corrected chi connectivity index (χ1v) is 11.9. The molecule has 1 aliphatic rings. The number of piperidine rings is 1. The molecule has 0 radical (unpaired) electrons. The minimum Gasteiger partial charge on any atom is -0.357 e. The summed E-state index contributed by atoms with van der Waals surface area (Å²) in [5.74, 6) is -0.311. The molecule has 1 atom stereocenters. The Bertz CT molecular complexity index is 739. The molecular weight excluding hydrogens is 379 g/mol. The Morgan fingerprint density at radius 2 is 2.04 bits per heavy atom. The van der Waals surface area contributed by atoms with E-state index in [0.29, 0.717) is 25.1 Å². The van der Waals surface area contributed by atoms with Gasteiger partial charge < -0.3 is 10.6 Å². The lowest BCUT2D eigenvalue weighted by Crippen LogP contribution is -2.42. The van der Waals surface area contributed by atoms with Gasteiger partial charge in [-0.05, 0) is 44.9 Å². The van der Waals surface area contributed by atoms with Gasteiger partial charge in [0.05, 0.1) is 12.3 Å². The van der Waals surface area contributed by atoms with Crippen molar-refractivity contribution >= 4 is 15.8 Å². The Morgan fingerprint density at radius 1 is 1.25 bits per heavy atom. The first kappa shape index (κ1) is 22.6. The second-order valence-electron chi connectivity index (χ2n) is 7.03. The first-order valence-electron chi connectivity index (χ1n) is 10.2. The molecule has 1 unspecified atom stereocenters. The van der Waals surface area contributed by atoms with E-state index in [9.17, 15) is 12.8 Å². The van der Waals surface area contributed by atoms with Crippen LogP contribution in [0, 0.1) is 5.82 Å². The highest BCUT2D eigenvalue weighted by molar-refractivity contribution is 7.91. The molecule has 1 saturated heterocycles. The molecular formula is C20H33FN4O2S. The lowest BCUT2D eigenvalue weighted by Gasteiger charge is -2.34.